The van der Waals surface area contributed by atoms with Crippen molar-refractivity contribution < 1.29 is 9.50 Å². The summed E-state index contributed by atoms with van der Waals surface area (Å²) in [4.78, 5) is 2.24. The van der Waals surface area contributed by atoms with Crippen molar-refractivity contribution in [2.24, 2.45) is 5.92 Å². The van der Waals surface area contributed by atoms with Crippen molar-refractivity contribution in [3.05, 3.63) is 52.7 Å². The van der Waals surface area contributed by atoms with Gasteiger partial charge in [-0.3, -0.25) is 4.40 Å². The highest BCUT2D eigenvalue weighted by Gasteiger charge is 2.27. The van der Waals surface area contributed by atoms with Crippen LogP contribution in [0.3, 0.4) is 0 Å². The lowest BCUT2D eigenvalue weighted by Gasteiger charge is -2.34. The molecule has 146 valence electrons. The van der Waals surface area contributed by atoms with Gasteiger partial charge in [-0.05, 0) is 67.3 Å². The van der Waals surface area contributed by atoms with Gasteiger partial charge in [-0.1, -0.05) is 11.6 Å². The monoisotopic (exact) mass is 400 g/mol. The largest absolute Gasteiger partial charge is 0.508 e. The lowest BCUT2D eigenvalue weighted by atomic mass is 9.88. The number of aromatic hydroxyl groups is 1. The molecule has 1 aromatic carbocycles. The number of piperidine rings is 1. The molecule has 28 heavy (non-hydrogen) atoms. The third kappa shape index (κ3) is 3.20. The minimum absolute atomic E-state index is 0.146. The molecule has 2 aliphatic rings. The van der Waals surface area contributed by atoms with E-state index in [4.69, 9.17) is 11.6 Å². The van der Waals surface area contributed by atoms with E-state index < -0.39 is 0 Å². The standard InChI is InChI=1S/C21H22ClFN4O/c22-20-17(7-10-27-19(11-13-1-2-13)24-25-21(20)27)26-8-5-14(6-9-26)16-12-15(23)3-4-18(16)28/h3-4,7,10,12-14,28H,1-2,5-6,8-9,11H2. The van der Waals surface area contributed by atoms with Crippen LogP contribution in [0, 0.1) is 11.7 Å². The number of hydrogen-bond acceptors (Lipinski definition) is 4. The maximum absolute atomic E-state index is 13.6. The molecule has 1 aliphatic carbocycles. The Morgan fingerprint density at radius 1 is 1.11 bits per heavy atom. The van der Waals surface area contributed by atoms with Crippen molar-refractivity contribution in [1.29, 1.82) is 0 Å². The molecule has 3 aromatic rings. The molecule has 0 unspecified atom stereocenters. The van der Waals surface area contributed by atoms with E-state index in [0.717, 1.165) is 49.8 Å². The number of rotatable bonds is 4. The van der Waals surface area contributed by atoms with Crippen molar-refractivity contribution in [1.82, 2.24) is 14.6 Å². The second-order valence-electron chi connectivity index (χ2n) is 7.94. The average molecular weight is 401 g/mol. The van der Waals surface area contributed by atoms with Crippen molar-refractivity contribution in [3.8, 4) is 5.75 Å². The Kier molecular flexibility index (Phi) is 4.38. The topological polar surface area (TPSA) is 53.7 Å². The fraction of sp³-hybridized carbons (Fsp3) is 0.429. The predicted molar refractivity (Wildman–Crippen MR) is 107 cm³/mol. The Hall–Kier alpha value is -2.34. The Balaban J connectivity index is 1.35. The minimum Gasteiger partial charge on any atom is -0.508 e. The number of phenols is 1. The van der Waals surface area contributed by atoms with Gasteiger partial charge in [-0.2, -0.15) is 0 Å². The smallest absolute Gasteiger partial charge is 0.181 e. The lowest BCUT2D eigenvalue weighted by molar-refractivity contribution is 0.437. The zero-order chi connectivity index (χ0) is 19.3. The number of fused-ring (bicyclic) bond motifs is 1. The van der Waals surface area contributed by atoms with Gasteiger partial charge in [0.1, 0.15) is 22.4 Å². The van der Waals surface area contributed by atoms with Gasteiger partial charge in [0.25, 0.3) is 0 Å². The molecule has 0 spiro atoms. The third-order valence-corrected chi connectivity index (χ3v) is 6.36. The number of phenolic OH excluding ortho intramolecular Hbond substituents is 1. The molecule has 5 nitrogen and oxygen atoms in total. The molecule has 0 amide bonds. The normalized spacial score (nSPS) is 18.1. The quantitative estimate of drug-likeness (QED) is 0.697. The molecule has 1 aliphatic heterocycles. The summed E-state index contributed by atoms with van der Waals surface area (Å²) in [5.74, 6) is 1.73. The fourth-order valence-corrected chi connectivity index (χ4v) is 4.52. The van der Waals surface area contributed by atoms with Crippen LogP contribution in [0.25, 0.3) is 5.65 Å². The molecule has 5 rings (SSSR count). The summed E-state index contributed by atoms with van der Waals surface area (Å²) in [5.41, 5.74) is 2.37. The van der Waals surface area contributed by atoms with Crippen molar-refractivity contribution in [2.75, 3.05) is 18.0 Å². The van der Waals surface area contributed by atoms with Crippen LogP contribution in [-0.4, -0.2) is 32.8 Å². The van der Waals surface area contributed by atoms with Crippen LogP contribution >= 0.6 is 11.6 Å². The summed E-state index contributed by atoms with van der Waals surface area (Å²) in [6, 6.07) is 6.22. The Bertz CT molecular complexity index is 1020. The molecule has 0 bridgehead atoms. The van der Waals surface area contributed by atoms with E-state index in [-0.39, 0.29) is 17.5 Å². The first-order chi connectivity index (χ1) is 13.6. The summed E-state index contributed by atoms with van der Waals surface area (Å²) in [5, 5.41) is 19.4. The van der Waals surface area contributed by atoms with Gasteiger partial charge in [0, 0.05) is 25.7 Å². The SMILES string of the molecule is Oc1ccc(F)cc1C1CCN(c2ccn3c(CC4CC4)nnc3c2Cl)CC1. The van der Waals surface area contributed by atoms with Gasteiger partial charge in [0.15, 0.2) is 5.65 Å². The second-order valence-corrected chi connectivity index (χ2v) is 8.31. The maximum atomic E-state index is 13.6. The summed E-state index contributed by atoms with van der Waals surface area (Å²) < 4.78 is 15.6. The Labute approximate surface area is 167 Å². The number of hydrogen-bond donors (Lipinski definition) is 1. The molecule has 1 saturated carbocycles. The summed E-state index contributed by atoms with van der Waals surface area (Å²) in [6.45, 7) is 1.58. The van der Waals surface area contributed by atoms with Gasteiger partial charge in [-0.15, -0.1) is 10.2 Å². The molecule has 1 saturated heterocycles. The number of aromatic nitrogens is 3. The zero-order valence-corrected chi connectivity index (χ0v) is 16.2. The molecule has 1 N–H and O–H groups in total. The van der Waals surface area contributed by atoms with E-state index in [9.17, 15) is 9.50 Å². The van der Waals surface area contributed by atoms with Gasteiger partial charge in [-0.25, -0.2) is 4.39 Å². The van der Waals surface area contributed by atoms with E-state index in [1.807, 2.05) is 16.7 Å². The zero-order valence-electron chi connectivity index (χ0n) is 15.5. The van der Waals surface area contributed by atoms with E-state index in [1.54, 1.807) is 0 Å². The van der Waals surface area contributed by atoms with Gasteiger partial charge in [0.05, 0.1) is 5.69 Å². The summed E-state index contributed by atoms with van der Waals surface area (Å²) >= 11 is 6.69. The van der Waals surface area contributed by atoms with Crippen LogP contribution in [0.1, 0.15) is 43.0 Å². The van der Waals surface area contributed by atoms with Crippen molar-refractivity contribution >= 4 is 22.9 Å². The number of halogens is 2. The maximum Gasteiger partial charge on any atom is 0.181 e. The predicted octanol–water partition coefficient (Wildman–Crippen LogP) is 4.56. The van der Waals surface area contributed by atoms with E-state index in [0.29, 0.717) is 16.2 Å². The number of nitrogens with zero attached hydrogens (tertiary/aromatic N) is 4. The molecular formula is C21H22ClFN4O. The summed E-state index contributed by atoms with van der Waals surface area (Å²) in [7, 11) is 0. The first kappa shape index (κ1) is 17.7. The van der Waals surface area contributed by atoms with Crippen LogP contribution in [0.15, 0.2) is 30.5 Å². The summed E-state index contributed by atoms with van der Waals surface area (Å²) in [6.07, 6.45) is 7.18. The molecule has 0 radical (unpaired) electrons. The van der Waals surface area contributed by atoms with Gasteiger partial charge in [0.2, 0.25) is 0 Å². The Morgan fingerprint density at radius 2 is 1.89 bits per heavy atom. The van der Waals surface area contributed by atoms with Crippen LogP contribution in [0.5, 0.6) is 5.75 Å². The van der Waals surface area contributed by atoms with Crippen LogP contribution in [-0.2, 0) is 6.42 Å². The number of pyridine rings is 1. The molecule has 0 atom stereocenters. The van der Waals surface area contributed by atoms with E-state index in [2.05, 4.69) is 15.1 Å². The number of anilines is 1. The Morgan fingerprint density at radius 3 is 2.64 bits per heavy atom. The lowest BCUT2D eigenvalue weighted by Crippen LogP contribution is -2.33. The number of benzene rings is 1. The average Bonchev–Trinajstić information content (AvgIpc) is 3.43. The second kappa shape index (κ2) is 6.92. The van der Waals surface area contributed by atoms with Gasteiger partial charge < -0.3 is 10.0 Å². The van der Waals surface area contributed by atoms with Crippen LogP contribution < -0.4 is 4.90 Å². The highest BCUT2D eigenvalue weighted by molar-refractivity contribution is 6.36. The molecule has 2 aromatic heterocycles. The first-order valence-corrected chi connectivity index (χ1v) is 10.2. The van der Waals surface area contributed by atoms with Crippen molar-refractivity contribution in [2.45, 2.75) is 38.0 Å². The molecular weight excluding hydrogens is 379 g/mol. The van der Waals surface area contributed by atoms with Crippen LogP contribution in [0.2, 0.25) is 5.02 Å². The highest BCUT2D eigenvalue weighted by Crippen LogP contribution is 2.38. The van der Waals surface area contributed by atoms with Crippen molar-refractivity contribution in [3.63, 3.8) is 0 Å². The molecule has 7 heteroatoms. The minimum atomic E-state index is -0.308. The third-order valence-electron chi connectivity index (χ3n) is 6.00. The highest BCUT2D eigenvalue weighted by atomic mass is 35.5. The first-order valence-electron chi connectivity index (χ1n) is 9.85. The molecule has 3 heterocycles. The van der Waals surface area contributed by atoms with Gasteiger partial charge >= 0.3 is 0 Å². The van der Waals surface area contributed by atoms with E-state index in [1.165, 1.54) is 31.0 Å². The van der Waals surface area contributed by atoms with E-state index >= 15 is 0 Å². The fourth-order valence-electron chi connectivity index (χ4n) is 4.21. The molecule has 2 fully saturated rings. The van der Waals surface area contributed by atoms with Crippen LogP contribution in [0.4, 0.5) is 10.1 Å².